The molecule has 0 aliphatic rings. The smallest absolute Gasteiger partial charge is 0.148 e. The number of nitrogens with one attached hydrogen (secondary N) is 1. The SMILES string of the molecule is Cc1ccc(NC(CC(C)C)CN(C)C)nn1. The molecule has 4 nitrogen and oxygen atoms in total. The third kappa shape index (κ3) is 5.63. The summed E-state index contributed by atoms with van der Waals surface area (Å²) in [5.41, 5.74) is 0.948. The van der Waals surface area contributed by atoms with E-state index in [4.69, 9.17) is 0 Å². The average molecular weight is 236 g/mol. The molecule has 0 aliphatic heterocycles. The van der Waals surface area contributed by atoms with E-state index in [2.05, 4.69) is 48.4 Å². The second kappa shape index (κ2) is 6.55. The van der Waals surface area contributed by atoms with Gasteiger partial charge in [0.05, 0.1) is 5.69 Å². The van der Waals surface area contributed by atoms with Crippen molar-refractivity contribution >= 4 is 5.82 Å². The summed E-state index contributed by atoms with van der Waals surface area (Å²) in [4.78, 5) is 2.20. The quantitative estimate of drug-likeness (QED) is 0.822. The summed E-state index contributed by atoms with van der Waals surface area (Å²) in [5.74, 6) is 1.54. The second-order valence-corrected chi connectivity index (χ2v) is 5.29. The van der Waals surface area contributed by atoms with E-state index in [1.54, 1.807) is 0 Å². The molecular weight excluding hydrogens is 212 g/mol. The van der Waals surface area contributed by atoms with Gasteiger partial charge in [0.2, 0.25) is 0 Å². The molecule has 1 aromatic heterocycles. The fourth-order valence-electron chi connectivity index (χ4n) is 1.87. The Hall–Kier alpha value is -1.16. The molecule has 0 saturated heterocycles. The lowest BCUT2D eigenvalue weighted by atomic mass is 10.0. The van der Waals surface area contributed by atoms with Crippen molar-refractivity contribution in [3.63, 3.8) is 0 Å². The van der Waals surface area contributed by atoms with E-state index in [9.17, 15) is 0 Å². The molecule has 96 valence electrons. The molecule has 0 fully saturated rings. The molecule has 4 heteroatoms. The number of hydrogen-bond donors (Lipinski definition) is 1. The number of aromatic nitrogens is 2. The highest BCUT2D eigenvalue weighted by molar-refractivity contribution is 5.34. The van der Waals surface area contributed by atoms with Gasteiger partial charge in [0.25, 0.3) is 0 Å². The Kier molecular flexibility index (Phi) is 5.35. The van der Waals surface area contributed by atoms with Gasteiger partial charge in [-0.2, -0.15) is 5.10 Å². The lowest BCUT2D eigenvalue weighted by Crippen LogP contribution is -2.33. The Balaban J connectivity index is 2.61. The Morgan fingerprint density at radius 2 is 1.94 bits per heavy atom. The first-order chi connectivity index (χ1) is 7.97. The second-order valence-electron chi connectivity index (χ2n) is 5.29. The van der Waals surface area contributed by atoms with E-state index >= 15 is 0 Å². The van der Waals surface area contributed by atoms with Crippen LogP contribution in [0.3, 0.4) is 0 Å². The van der Waals surface area contributed by atoms with Crippen molar-refractivity contribution in [1.29, 1.82) is 0 Å². The molecule has 1 rings (SSSR count). The molecule has 1 heterocycles. The maximum atomic E-state index is 4.15. The van der Waals surface area contributed by atoms with E-state index in [0.29, 0.717) is 12.0 Å². The molecule has 17 heavy (non-hydrogen) atoms. The highest BCUT2D eigenvalue weighted by Crippen LogP contribution is 2.11. The monoisotopic (exact) mass is 236 g/mol. The summed E-state index contributed by atoms with van der Waals surface area (Å²) in [6.07, 6.45) is 1.13. The lowest BCUT2D eigenvalue weighted by Gasteiger charge is -2.24. The van der Waals surface area contributed by atoms with Crippen molar-refractivity contribution in [1.82, 2.24) is 15.1 Å². The Bertz CT molecular complexity index is 309. The van der Waals surface area contributed by atoms with Gasteiger partial charge in [-0.3, -0.25) is 0 Å². The Labute approximate surface area is 104 Å². The summed E-state index contributed by atoms with van der Waals surface area (Å²) in [6, 6.07) is 4.39. The largest absolute Gasteiger partial charge is 0.365 e. The molecule has 1 unspecified atom stereocenters. The number of anilines is 1. The van der Waals surface area contributed by atoms with Crippen LogP contribution in [-0.2, 0) is 0 Å². The van der Waals surface area contributed by atoms with Gasteiger partial charge in [0, 0.05) is 12.6 Å². The van der Waals surface area contributed by atoms with Crippen LogP contribution in [0.25, 0.3) is 0 Å². The zero-order chi connectivity index (χ0) is 12.8. The predicted molar refractivity (Wildman–Crippen MR) is 72.2 cm³/mol. The van der Waals surface area contributed by atoms with Crippen molar-refractivity contribution in [2.45, 2.75) is 33.2 Å². The van der Waals surface area contributed by atoms with Gasteiger partial charge in [-0.15, -0.1) is 5.10 Å². The van der Waals surface area contributed by atoms with Gasteiger partial charge in [0.15, 0.2) is 0 Å². The number of nitrogens with zero attached hydrogens (tertiary/aromatic N) is 3. The molecule has 0 spiro atoms. The van der Waals surface area contributed by atoms with Crippen LogP contribution in [0.1, 0.15) is 26.0 Å². The first-order valence-electron chi connectivity index (χ1n) is 6.19. The normalized spacial score (nSPS) is 13.1. The zero-order valence-electron chi connectivity index (χ0n) is 11.6. The van der Waals surface area contributed by atoms with Crippen molar-refractivity contribution in [2.24, 2.45) is 5.92 Å². The van der Waals surface area contributed by atoms with Gasteiger partial charge in [-0.05, 0) is 45.5 Å². The minimum absolute atomic E-state index is 0.419. The van der Waals surface area contributed by atoms with Crippen LogP contribution in [0.5, 0.6) is 0 Å². The number of likely N-dealkylation sites (N-methyl/N-ethyl adjacent to an activating group) is 1. The fourth-order valence-corrected chi connectivity index (χ4v) is 1.87. The molecule has 0 saturated carbocycles. The van der Waals surface area contributed by atoms with Crippen molar-refractivity contribution in [2.75, 3.05) is 26.0 Å². The third-order valence-electron chi connectivity index (χ3n) is 2.49. The van der Waals surface area contributed by atoms with E-state index in [1.165, 1.54) is 0 Å². The zero-order valence-corrected chi connectivity index (χ0v) is 11.6. The van der Waals surface area contributed by atoms with Gasteiger partial charge < -0.3 is 10.2 Å². The molecule has 0 amide bonds. The van der Waals surface area contributed by atoms with Crippen molar-refractivity contribution in [3.8, 4) is 0 Å². The Morgan fingerprint density at radius 3 is 2.41 bits per heavy atom. The first kappa shape index (κ1) is 13.9. The minimum Gasteiger partial charge on any atom is -0.365 e. The molecule has 0 radical (unpaired) electrons. The van der Waals surface area contributed by atoms with Crippen molar-refractivity contribution < 1.29 is 0 Å². The Morgan fingerprint density at radius 1 is 1.24 bits per heavy atom. The van der Waals surface area contributed by atoms with Crippen LogP contribution >= 0.6 is 0 Å². The summed E-state index contributed by atoms with van der Waals surface area (Å²) in [5, 5.41) is 11.7. The van der Waals surface area contributed by atoms with Gasteiger partial charge in [0.1, 0.15) is 5.82 Å². The molecule has 0 aromatic carbocycles. The van der Waals surface area contributed by atoms with Crippen LogP contribution in [0.2, 0.25) is 0 Å². The van der Waals surface area contributed by atoms with Crippen LogP contribution in [0.4, 0.5) is 5.82 Å². The molecule has 0 bridgehead atoms. The van der Waals surface area contributed by atoms with Crippen LogP contribution in [0.15, 0.2) is 12.1 Å². The van der Waals surface area contributed by atoms with E-state index in [-0.39, 0.29) is 0 Å². The number of rotatable bonds is 6. The molecule has 1 atom stereocenters. The number of aryl methyl sites for hydroxylation is 1. The highest BCUT2D eigenvalue weighted by Gasteiger charge is 2.12. The van der Waals surface area contributed by atoms with Crippen LogP contribution < -0.4 is 5.32 Å². The number of hydrogen-bond acceptors (Lipinski definition) is 4. The van der Waals surface area contributed by atoms with Crippen molar-refractivity contribution in [3.05, 3.63) is 17.8 Å². The molecule has 0 aliphatic carbocycles. The molecule has 1 N–H and O–H groups in total. The minimum atomic E-state index is 0.419. The van der Waals surface area contributed by atoms with Gasteiger partial charge in [-0.1, -0.05) is 13.8 Å². The average Bonchev–Trinajstić information content (AvgIpc) is 2.19. The maximum Gasteiger partial charge on any atom is 0.148 e. The maximum absolute atomic E-state index is 4.15. The fraction of sp³-hybridized carbons (Fsp3) is 0.692. The van der Waals surface area contributed by atoms with E-state index in [0.717, 1.165) is 24.5 Å². The van der Waals surface area contributed by atoms with Gasteiger partial charge >= 0.3 is 0 Å². The summed E-state index contributed by atoms with van der Waals surface area (Å²) in [7, 11) is 4.19. The highest BCUT2D eigenvalue weighted by atomic mass is 15.2. The third-order valence-corrected chi connectivity index (χ3v) is 2.49. The van der Waals surface area contributed by atoms with Crippen LogP contribution in [-0.4, -0.2) is 41.8 Å². The van der Waals surface area contributed by atoms with E-state index < -0.39 is 0 Å². The van der Waals surface area contributed by atoms with Crippen LogP contribution in [0, 0.1) is 12.8 Å². The lowest BCUT2D eigenvalue weighted by molar-refractivity contribution is 0.356. The van der Waals surface area contributed by atoms with Gasteiger partial charge in [-0.25, -0.2) is 0 Å². The summed E-state index contributed by atoms with van der Waals surface area (Å²) < 4.78 is 0. The standard InChI is InChI=1S/C13H24N4/c1-10(2)8-12(9-17(4)5)14-13-7-6-11(3)15-16-13/h6-7,10,12H,8-9H2,1-5H3,(H,14,16). The first-order valence-corrected chi connectivity index (χ1v) is 6.19. The molecular formula is C13H24N4. The predicted octanol–water partition coefficient (Wildman–Crippen LogP) is 2.17. The molecule has 1 aromatic rings. The topological polar surface area (TPSA) is 41.0 Å². The van der Waals surface area contributed by atoms with E-state index in [1.807, 2.05) is 19.1 Å². The summed E-state index contributed by atoms with van der Waals surface area (Å²) in [6.45, 7) is 7.44. The summed E-state index contributed by atoms with van der Waals surface area (Å²) >= 11 is 0.